The Hall–Kier alpha value is -2.96. The maximum atomic E-state index is 11.9. The molecule has 1 amide bonds. The van der Waals surface area contributed by atoms with Crippen molar-refractivity contribution in [2.24, 2.45) is 0 Å². The van der Waals surface area contributed by atoms with Crippen molar-refractivity contribution < 1.29 is 14.5 Å². The Kier molecular flexibility index (Phi) is 5.83. The Morgan fingerprint density at radius 3 is 2.67 bits per heavy atom. The van der Waals surface area contributed by atoms with Crippen LogP contribution in [0.4, 0.5) is 5.82 Å². The molecule has 0 aliphatic heterocycles. The van der Waals surface area contributed by atoms with Crippen LogP contribution in [0, 0.1) is 17.0 Å². The van der Waals surface area contributed by atoms with E-state index in [9.17, 15) is 14.9 Å². The van der Waals surface area contributed by atoms with Crippen LogP contribution in [0.1, 0.15) is 24.1 Å². The number of aromatic nitrogens is 1. The predicted molar refractivity (Wildman–Crippen MR) is 89.0 cm³/mol. The van der Waals surface area contributed by atoms with Gasteiger partial charge in [0.1, 0.15) is 5.69 Å². The maximum absolute atomic E-state index is 11.9. The number of nitro groups is 1. The average molecular weight is 329 g/mol. The van der Waals surface area contributed by atoms with Gasteiger partial charge in [-0.2, -0.15) is 0 Å². The van der Waals surface area contributed by atoms with Crippen LogP contribution < -0.4 is 10.1 Å². The van der Waals surface area contributed by atoms with Crippen molar-refractivity contribution >= 4 is 11.7 Å². The Balaban J connectivity index is 1.87. The molecule has 2 rings (SSSR count). The van der Waals surface area contributed by atoms with Crippen molar-refractivity contribution in [3.05, 3.63) is 63.8 Å². The first kappa shape index (κ1) is 17.4. The summed E-state index contributed by atoms with van der Waals surface area (Å²) in [5.74, 6) is -0.588. The van der Waals surface area contributed by atoms with Crippen molar-refractivity contribution in [3.8, 4) is 5.75 Å². The fourth-order valence-electron chi connectivity index (χ4n) is 2.13. The number of amides is 1. The third-order valence-electron chi connectivity index (χ3n) is 3.48. The molecule has 0 saturated heterocycles. The smallest absolute Gasteiger partial charge is 0.406 e. The van der Waals surface area contributed by atoms with Gasteiger partial charge in [0.05, 0.1) is 0 Å². The van der Waals surface area contributed by atoms with E-state index >= 15 is 0 Å². The highest BCUT2D eigenvalue weighted by Gasteiger charge is 2.18. The number of nitrogens with one attached hydrogen (secondary N) is 1. The van der Waals surface area contributed by atoms with Gasteiger partial charge in [-0.1, -0.05) is 37.3 Å². The van der Waals surface area contributed by atoms with Gasteiger partial charge in [0, 0.05) is 13.5 Å². The van der Waals surface area contributed by atoms with E-state index in [1.54, 1.807) is 13.0 Å². The first-order valence-electron chi connectivity index (χ1n) is 7.54. The monoisotopic (exact) mass is 329 g/mol. The largest absolute Gasteiger partial charge is 0.476 e. The topological polar surface area (TPSA) is 94.4 Å². The molecule has 1 atom stereocenters. The van der Waals surface area contributed by atoms with Gasteiger partial charge in [0.25, 0.3) is 5.91 Å². The second-order valence-corrected chi connectivity index (χ2v) is 5.44. The van der Waals surface area contributed by atoms with Gasteiger partial charge in [0.2, 0.25) is 5.75 Å². The Bertz CT molecular complexity index is 719. The first-order valence-corrected chi connectivity index (χ1v) is 7.54. The number of benzene rings is 1. The molecule has 7 nitrogen and oxygen atoms in total. The Morgan fingerprint density at radius 1 is 1.29 bits per heavy atom. The molecule has 7 heteroatoms. The number of carbonyl (C=O) groups is 1. The summed E-state index contributed by atoms with van der Waals surface area (Å²) in [6.07, 6.45) is 0. The normalized spacial score (nSPS) is 11.6. The molecule has 126 valence electrons. The number of hydrogen-bond donors (Lipinski definition) is 1. The van der Waals surface area contributed by atoms with Gasteiger partial charge < -0.3 is 20.2 Å². The highest BCUT2D eigenvalue weighted by Crippen LogP contribution is 2.24. The zero-order valence-corrected chi connectivity index (χ0v) is 13.6. The highest BCUT2D eigenvalue weighted by atomic mass is 16.6. The molecular formula is C17H19N3O4. The van der Waals surface area contributed by atoms with E-state index < -0.39 is 4.92 Å². The molecule has 0 bridgehead atoms. The minimum absolute atomic E-state index is 0.0168. The van der Waals surface area contributed by atoms with E-state index in [1.165, 1.54) is 6.07 Å². The third-order valence-corrected chi connectivity index (χ3v) is 3.48. The number of pyridine rings is 1. The van der Waals surface area contributed by atoms with Crippen LogP contribution in [0.3, 0.4) is 0 Å². The molecule has 0 aliphatic rings. The zero-order chi connectivity index (χ0) is 17.5. The molecule has 0 saturated carbocycles. The second kappa shape index (κ2) is 8.05. The van der Waals surface area contributed by atoms with Crippen LogP contribution in [-0.2, 0) is 4.79 Å². The molecule has 1 unspecified atom stereocenters. The van der Waals surface area contributed by atoms with Crippen molar-refractivity contribution in [3.63, 3.8) is 0 Å². The summed E-state index contributed by atoms with van der Waals surface area (Å²) in [4.78, 5) is 26.0. The first-order chi connectivity index (χ1) is 11.5. The van der Waals surface area contributed by atoms with Gasteiger partial charge >= 0.3 is 5.82 Å². The van der Waals surface area contributed by atoms with E-state index in [1.807, 2.05) is 37.3 Å². The van der Waals surface area contributed by atoms with E-state index in [-0.39, 0.29) is 30.0 Å². The minimum atomic E-state index is -0.627. The summed E-state index contributed by atoms with van der Waals surface area (Å²) in [6.45, 7) is 3.81. The standard InChI is InChI=1S/C17H19N3O4/c1-12(14-6-4-3-5-7-14)10-18-16(21)11-24-15-9-8-13(2)19-17(15)20(22)23/h3-9,12H,10-11H2,1-2H3,(H,18,21). The number of nitrogens with zero attached hydrogens (tertiary/aromatic N) is 2. The quantitative estimate of drug-likeness (QED) is 0.622. The highest BCUT2D eigenvalue weighted by molar-refractivity contribution is 5.77. The molecule has 0 spiro atoms. The zero-order valence-electron chi connectivity index (χ0n) is 13.6. The summed E-state index contributed by atoms with van der Waals surface area (Å²) in [5.41, 5.74) is 1.63. The molecule has 1 N–H and O–H groups in total. The third kappa shape index (κ3) is 4.77. The predicted octanol–water partition coefficient (Wildman–Crippen LogP) is 2.60. The van der Waals surface area contributed by atoms with Crippen LogP contribution in [0.2, 0.25) is 0 Å². The van der Waals surface area contributed by atoms with Crippen molar-refractivity contribution in [2.45, 2.75) is 19.8 Å². The number of aryl methyl sites for hydroxylation is 1. The fourth-order valence-corrected chi connectivity index (χ4v) is 2.13. The SMILES string of the molecule is Cc1ccc(OCC(=O)NCC(C)c2ccccc2)c([N+](=O)[O-])n1. The van der Waals surface area contributed by atoms with Crippen molar-refractivity contribution in [2.75, 3.05) is 13.2 Å². The number of carbonyl (C=O) groups excluding carboxylic acids is 1. The molecule has 1 heterocycles. The summed E-state index contributed by atoms with van der Waals surface area (Å²) in [7, 11) is 0. The number of ether oxygens (including phenoxy) is 1. The van der Waals surface area contributed by atoms with Gasteiger partial charge in [0.15, 0.2) is 6.61 Å². The lowest BCUT2D eigenvalue weighted by Gasteiger charge is -2.13. The Morgan fingerprint density at radius 2 is 2.00 bits per heavy atom. The van der Waals surface area contributed by atoms with Gasteiger partial charge in [-0.05, 0) is 33.5 Å². The summed E-state index contributed by atoms with van der Waals surface area (Å²) in [5, 5.41) is 13.7. The van der Waals surface area contributed by atoms with Crippen LogP contribution >= 0.6 is 0 Å². The minimum Gasteiger partial charge on any atom is -0.476 e. The molecule has 1 aromatic heterocycles. The molecule has 24 heavy (non-hydrogen) atoms. The molecule has 0 radical (unpaired) electrons. The van der Waals surface area contributed by atoms with E-state index in [0.29, 0.717) is 12.2 Å². The molecule has 0 fully saturated rings. The van der Waals surface area contributed by atoms with Crippen LogP contribution in [0.5, 0.6) is 5.75 Å². The lowest BCUT2D eigenvalue weighted by molar-refractivity contribution is -0.390. The second-order valence-electron chi connectivity index (χ2n) is 5.44. The lowest BCUT2D eigenvalue weighted by Crippen LogP contribution is -2.32. The molecule has 0 aliphatic carbocycles. The summed E-state index contributed by atoms with van der Waals surface area (Å²) in [6, 6.07) is 12.9. The maximum Gasteiger partial charge on any atom is 0.406 e. The molecule has 1 aromatic carbocycles. The van der Waals surface area contributed by atoms with Crippen LogP contribution in [0.25, 0.3) is 0 Å². The van der Waals surface area contributed by atoms with E-state index in [0.717, 1.165) is 5.56 Å². The summed E-state index contributed by atoms with van der Waals surface area (Å²) >= 11 is 0. The number of hydrogen-bond acceptors (Lipinski definition) is 5. The number of rotatable bonds is 7. The molecular weight excluding hydrogens is 310 g/mol. The van der Waals surface area contributed by atoms with Gasteiger partial charge in [-0.25, -0.2) is 0 Å². The van der Waals surface area contributed by atoms with E-state index in [2.05, 4.69) is 10.3 Å². The van der Waals surface area contributed by atoms with Crippen molar-refractivity contribution in [1.29, 1.82) is 0 Å². The average Bonchev–Trinajstić information content (AvgIpc) is 2.59. The molecule has 2 aromatic rings. The Labute approximate surface area is 139 Å². The van der Waals surface area contributed by atoms with Gasteiger partial charge in [-0.3, -0.25) is 4.79 Å². The fraction of sp³-hybridized carbons (Fsp3) is 0.294. The van der Waals surface area contributed by atoms with Crippen LogP contribution in [-0.4, -0.2) is 29.0 Å². The summed E-state index contributed by atoms with van der Waals surface area (Å²) < 4.78 is 5.24. The lowest BCUT2D eigenvalue weighted by atomic mass is 10.0. The van der Waals surface area contributed by atoms with Crippen molar-refractivity contribution in [1.82, 2.24) is 10.3 Å². The van der Waals surface area contributed by atoms with Crippen LogP contribution in [0.15, 0.2) is 42.5 Å². The van der Waals surface area contributed by atoms with E-state index in [4.69, 9.17) is 4.74 Å². The van der Waals surface area contributed by atoms with Gasteiger partial charge in [-0.15, -0.1) is 0 Å².